The Labute approximate surface area is 330 Å². The first-order chi connectivity index (χ1) is 28.2. The van der Waals surface area contributed by atoms with Gasteiger partial charge in [-0.05, 0) is 64.9 Å². The first kappa shape index (κ1) is 33.9. The van der Waals surface area contributed by atoms with Gasteiger partial charge >= 0.3 is 0 Å². The molecule has 270 valence electrons. The third kappa shape index (κ3) is 6.21. The Bertz CT molecular complexity index is 3140. The highest BCUT2D eigenvalue weighted by Crippen LogP contribution is 2.41. The van der Waals surface area contributed by atoms with Gasteiger partial charge in [0, 0.05) is 44.4 Å². The lowest BCUT2D eigenvalue weighted by atomic mass is 9.98. The standard InChI is InChI=1S/C52H36N4O/c1-53-51(55-52(38-19-9-4-10-20-38)54-34-35-15-5-2-6-16-35)39-29-27-37(28-30-39)42-23-14-26-47-50(42)44-32-31-40(33-48(44)57-47)56-45-24-12-11-21-43(45)49-41(22-13-25-46(49)56)36-17-7-3-8-18-36/h2-33H,1,34H2. The first-order valence-electron chi connectivity index (χ1n) is 19.1. The number of nitrogens with zero attached hydrogens (tertiary/aromatic N) is 4. The minimum atomic E-state index is 0.510. The molecular weight excluding hydrogens is 697 g/mol. The zero-order valence-electron chi connectivity index (χ0n) is 31.1. The molecule has 0 aliphatic heterocycles. The fraction of sp³-hybridized carbons (Fsp3) is 0.0192. The number of amidine groups is 2. The van der Waals surface area contributed by atoms with Crippen LogP contribution >= 0.6 is 0 Å². The highest BCUT2D eigenvalue weighted by molar-refractivity contribution is 6.17. The molecule has 0 atom stereocenters. The molecular formula is C52H36N4O. The second kappa shape index (κ2) is 14.5. The van der Waals surface area contributed by atoms with Crippen LogP contribution in [0.3, 0.4) is 0 Å². The van der Waals surface area contributed by atoms with Gasteiger partial charge in [-0.25, -0.2) is 9.98 Å². The summed E-state index contributed by atoms with van der Waals surface area (Å²) in [5.41, 5.74) is 12.5. The van der Waals surface area contributed by atoms with Gasteiger partial charge in [0.2, 0.25) is 0 Å². The summed E-state index contributed by atoms with van der Waals surface area (Å²) in [5, 5.41) is 4.61. The summed E-state index contributed by atoms with van der Waals surface area (Å²) >= 11 is 0. The largest absolute Gasteiger partial charge is 0.456 e. The molecule has 5 heteroatoms. The SMILES string of the molecule is C=NC(=NC(=NCc1ccccc1)c1ccccc1)c1ccc(-c2cccc3oc4cc(-n5c6ccccc6c6c(-c7ccccc7)cccc65)ccc4c23)cc1. The first-order valence-corrected chi connectivity index (χ1v) is 19.1. The van der Waals surface area contributed by atoms with Crippen molar-refractivity contribution in [2.24, 2.45) is 15.0 Å². The number of fused-ring (bicyclic) bond motifs is 6. The highest BCUT2D eigenvalue weighted by Gasteiger charge is 2.18. The van der Waals surface area contributed by atoms with Crippen LogP contribution in [0.5, 0.6) is 0 Å². The van der Waals surface area contributed by atoms with Crippen molar-refractivity contribution >= 4 is 62.1 Å². The molecule has 0 radical (unpaired) electrons. The average Bonchev–Trinajstić information content (AvgIpc) is 3.83. The van der Waals surface area contributed by atoms with Crippen molar-refractivity contribution in [1.29, 1.82) is 0 Å². The third-order valence-electron chi connectivity index (χ3n) is 10.6. The van der Waals surface area contributed by atoms with Gasteiger partial charge in [-0.2, -0.15) is 0 Å². The van der Waals surface area contributed by atoms with Crippen LogP contribution < -0.4 is 0 Å². The predicted molar refractivity (Wildman–Crippen MR) is 238 cm³/mol. The topological polar surface area (TPSA) is 55.1 Å². The zero-order chi connectivity index (χ0) is 38.1. The van der Waals surface area contributed by atoms with Crippen molar-refractivity contribution in [3.8, 4) is 27.9 Å². The lowest BCUT2D eigenvalue weighted by Gasteiger charge is -2.09. The van der Waals surface area contributed by atoms with Gasteiger partial charge in [0.1, 0.15) is 11.2 Å². The molecule has 8 aromatic carbocycles. The molecule has 5 nitrogen and oxygen atoms in total. The van der Waals surface area contributed by atoms with E-state index in [0.29, 0.717) is 18.2 Å². The summed E-state index contributed by atoms with van der Waals surface area (Å²) in [4.78, 5) is 14.2. The van der Waals surface area contributed by atoms with Gasteiger partial charge < -0.3 is 8.98 Å². The van der Waals surface area contributed by atoms with Gasteiger partial charge in [-0.1, -0.05) is 158 Å². The number of hydrogen-bond acceptors (Lipinski definition) is 2. The van der Waals surface area contributed by atoms with E-state index in [2.05, 4.69) is 144 Å². The Morgan fingerprint density at radius 2 is 1.12 bits per heavy atom. The molecule has 0 spiro atoms. The number of para-hydroxylation sites is 1. The molecule has 0 aliphatic carbocycles. The summed E-state index contributed by atoms with van der Waals surface area (Å²) in [5.74, 6) is 1.12. The normalized spacial score (nSPS) is 12.2. The van der Waals surface area contributed by atoms with E-state index in [9.17, 15) is 0 Å². The number of aromatic nitrogens is 1. The quantitative estimate of drug-likeness (QED) is 0.119. The number of rotatable bonds is 7. The average molecular weight is 733 g/mol. The van der Waals surface area contributed by atoms with E-state index in [0.717, 1.165) is 66.5 Å². The number of furan rings is 1. The lowest BCUT2D eigenvalue weighted by molar-refractivity contribution is 0.668. The molecule has 0 fully saturated rings. The number of aliphatic imine (C=N–C) groups is 3. The Balaban J connectivity index is 1.03. The second-order valence-corrected chi connectivity index (χ2v) is 14.0. The van der Waals surface area contributed by atoms with Gasteiger partial charge in [0.25, 0.3) is 0 Å². The second-order valence-electron chi connectivity index (χ2n) is 14.0. The Morgan fingerprint density at radius 1 is 0.491 bits per heavy atom. The van der Waals surface area contributed by atoms with Crippen molar-refractivity contribution < 1.29 is 4.42 Å². The molecule has 10 aromatic rings. The van der Waals surface area contributed by atoms with E-state index in [-0.39, 0.29) is 0 Å². The molecule has 57 heavy (non-hydrogen) atoms. The van der Waals surface area contributed by atoms with Crippen molar-refractivity contribution in [3.63, 3.8) is 0 Å². The Morgan fingerprint density at radius 3 is 1.89 bits per heavy atom. The molecule has 0 unspecified atom stereocenters. The smallest absolute Gasteiger partial charge is 0.161 e. The fourth-order valence-electron chi connectivity index (χ4n) is 7.97. The van der Waals surface area contributed by atoms with Crippen LogP contribution in [0.15, 0.2) is 214 Å². The zero-order valence-corrected chi connectivity index (χ0v) is 31.1. The molecule has 0 bridgehead atoms. The lowest BCUT2D eigenvalue weighted by Crippen LogP contribution is -2.05. The van der Waals surface area contributed by atoms with E-state index < -0.39 is 0 Å². The van der Waals surface area contributed by atoms with E-state index in [1.165, 1.54) is 21.9 Å². The van der Waals surface area contributed by atoms with E-state index in [4.69, 9.17) is 14.4 Å². The summed E-state index contributed by atoms with van der Waals surface area (Å²) in [6, 6.07) is 67.2. The van der Waals surface area contributed by atoms with Crippen molar-refractivity contribution in [2.45, 2.75) is 6.54 Å². The molecule has 0 N–H and O–H groups in total. The van der Waals surface area contributed by atoms with Crippen LogP contribution in [0.25, 0.3) is 71.7 Å². The Hall–Kier alpha value is -7.63. The monoisotopic (exact) mass is 732 g/mol. The summed E-state index contributed by atoms with van der Waals surface area (Å²) in [6.07, 6.45) is 0. The fourth-order valence-corrected chi connectivity index (χ4v) is 7.97. The highest BCUT2D eigenvalue weighted by atomic mass is 16.3. The van der Waals surface area contributed by atoms with Crippen LogP contribution in [0.4, 0.5) is 0 Å². The third-order valence-corrected chi connectivity index (χ3v) is 10.6. The molecule has 10 rings (SSSR count). The summed E-state index contributed by atoms with van der Waals surface area (Å²) in [7, 11) is 0. The maximum absolute atomic E-state index is 6.62. The summed E-state index contributed by atoms with van der Waals surface area (Å²) in [6.45, 7) is 4.39. The maximum Gasteiger partial charge on any atom is 0.161 e. The van der Waals surface area contributed by atoms with Gasteiger partial charge in [0.15, 0.2) is 11.7 Å². The van der Waals surface area contributed by atoms with Crippen LogP contribution in [-0.2, 0) is 6.54 Å². The molecule has 0 saturated carbocycles. The predicted octanol–water partition coefficient (Wildman–Crippen LogP) is 13.1. The molecule has 0 aliphatic rings. The molecule has 0 amide bonds. The molecule has 2 aromatic heterocycles. The Kier molecular flexibility index (Phi) is 8.65. The minimum absolute atomic E-state index is 0.510. The van der Waals surface area contributed by atoms with Crippen LogP contribution in [0.1, 0.15) is 16.7 Å². The minimum Gasteiger partial charge on any atom is -0.456 e. The van der Waals surface area contributed by atoms with Crippen LogP contribution in [0, 0.1) is 0 Å². The van der Waals surface area contributed by atoms with Gasteiger partial charge in [-0.3, -0.25) is 4.99 Å². The maximum atomic E-state index is 6.62. The van der Waals surface area contributed by atoms with Crippen molar-refractivity contribution in [3.05, 3.63) is 211 Å². The van der Waals surface area contributed by atoms with E-state index >= 15 is 0 Å². The van der Waals surface area contributed by atoms with Crippen molar-refractivity contribution in [1.82, 2.24) is 4.57 Å². The van der Waals surface area contributed by atoms with E-state index in [1.807, 2.05) is 66.7 Å². The number of benzene rings is 8. The number of hydrogen-bond donors (Lipinski definition) is 0. The van der Waals surface area contributed by atoms with Crippen LogP contribution in [0.2, 0.25) is 0 Å². The van der Waals surface area contributed by atoms with Gasteiger partial charge in [-0.15, -0.1) is 0 Å². The molecule has 0 saturated heterocycles. The van der Waals surface area contributed by atoms with Crippen LogP contribution in [-0.4, -0.2) is 23.0 Å². The molecule has 2 heterocycles. The summed E-state index contributed by atoms with van der Waals surface area (Å²) < 4.78 is 8.97. The van der Waals surface area contributed by atoms with E-state index in [1.54, 1.807) is 0 Å². The van der Waals surface area contributed by atoms with Gasteiger partial charge in [0.05, 0.1) is 17.6 Å². The van der Waals surface area contributed by atoms with Crippen molar-refractivity contribution in [2.75, 3.05) is 0 Å².